The SMILES string of the molecule is CC(=O)C1(C)CC2(C)c3ccccc3NC2N1. The maximum Gasteiger partial charge on any atom is 0.149 e. The third-order valence-electron chi connectivity index (χ3n) is 4.44. The minimum Gasteiger partial charge on any atom is -0.369 e. The number of hydrogen-bond donors (Lipinski definition) is 2. The van der Waals surface area contributed by atoms with Gasteiger partial charge in [-0.25, -0.2) is 0 Å². The molecule has 0 radical (unpaired) electrons. The predicted molar refractivity (Wildman–Crippen MR) is 68.0 cm³/mol. The largest absolute Gasteiger partial charge is 0.369 e. The Morgan fingerprint density at radius 3 is 2.76 bits per heavy atom. The second kappa shape index (κ2) is 3.10. The molecule has 1 fully saturated rings. The van der Waals surface area contributed by atoms with Gasteiger partial charge >= 0.3 is 0 Å². The lowest BCUT2D eigenvalue weighted by atomic mass is 9.76. The fourth-order valence-electron chi connectivity index (χ4n) is 3.30. The van der Waals surface area contributed by atoms with E-state index in [0.29, 0.717) is 0 Å². The van der Waals surface area contributed by atoms with Gasteiger partial charge in [0.05, 0.1) is 11.7 Å². The highest BCUT2D eigenvalue weighted by molar-refractivity contribution is 5.87. The second-order valence-electron chi connectivity index (χ2n) is 5.75. The summed E-state index contributed by atoms with van der Waals surface area (Å²) in [7, 11) is 0. The van der Waals surface area contributed by atoms with Gasteiger partial charge in [-0.1, -0.05) is 25.1 Å². The van der Waals surface area contributed by atoms with Crippen molar-refractivity contribution in [2.45, 2.75) is 44.3 Å². The van der Waals surface area contributed by atoms with E-state index in [-0.39, 0.29) is 17.4 Å². The zero-order chi connectivity index (χ0) is 12.3. The van der Waals surface area contributed by atoms with Crippen molar-refractivity contribution >= 4 is 11.5 Å². The summed E-state index contributed by atoms with van der Waals surface area (Å²) in [5.74, 6) is 0.215. The molecule has 0 saturated carbocycles. The van der Waals surface area contributed by atoms with Gasteiger partial charge in [0.15, 0.2) is 0 Å². The number of ketones is 1. The molecule has 0 amide bonds. The average Bonchev–Trinajstić information content (AvgIpc) is 2.66. The number of anilines is 1. The van der Waals surface area contributed by atoms with E-state index in [1.165, 1.54) is 11.3 Å². The highest BCUT2D eigenvalue weighted by atomic mass is 16.1. The molecule has 3 atom stereocenters. The Bertz CT molecular complexity index is 499. The number of fused-ring (bicyclic) bond motifs is 3. The first-order valence-corrected chi connectivity index (χ1v) is 6.10. The third kappa shape index (κ3) is 1.29. The fourth-order valence-corrected chi connectivity index (χ4v) is 3.30. The first-order valence-electron chi connectivity index (χ1n) is 6.10. The number of nitrogens with one attached hydrogen (secondary N) is 2. The Morgan fingerprint density at radius 1 is 1.35 bits per heavy atom. The molecule has 17 heavy (non-hydrogen) atoms. The molecular formula is C14H18N2O. The number of benzene rings is 1. The molecule has 0 bridgehead atoms. The number of Topliss-reactive ketones (excluding diaryl/α,β-unsaturated/α-hetero) is 1. The van der Waals surface area contributed by atoms with Crippen LogP contribution in [0.25, 0.3) is 0 Å². The van der Waals surface area contributed by atoms with Gasteiger partial charge in [-0.3, -0.25) is 10.1 Å². The van der Waals surface area contributed by atoms with Crippen LogP contribution in [0.1, 0.15) is 32.8 Å². The van der Waals surface area contributed by atoms with Gasteiger partial charge in [0.1, 0.15) is 5.78 Å². The van der Waals surface area contributed by atoms with Gasteiger partial charge in [0.25, 0.3) is 0 Å². The summed E-state index contributed by atoms with van der Waals surface area (Å²) in [6.07, 6.45) is 1.01. The Labute approximate surface area is 102 Å². The van der Waals surface area contributed by atoms with Crippen LogP contribution in [0.15, 0.2) is 24.3 Å². The van der Waals surface area contributed by atoms with E-state index in [9.17, 15) is 4.79 Å². The summed E-state index contributed by atoms with van der Waals surface area (Å²) >= 11 is 0. The molecule has 0 aliphatic carbocycles. The molecule has 3 heteroatoms. The predicted octanol–water partition coefficient (Wildman–Crippen LogP) is 2.04. The lowest BCUT2D eigenvalue weighted by Gasteiger charge is -2.25. The quantitative estimate of drug-likeness (QED) is 0.775. The summed E-state index contributed by atoms with van der Waals surface area (Å²) in [4.78, 5) is 11.8. The summed E-state index contributed by atoms with van der Waals surface area (Å²) in [5, 5.41) is 6.94. The molecule has 3 unspecified atom stereocenters. The Kier molecular flexibility index (Phi) is 1.97. The van der Waals surface area contributed by atoms with E-state index in [0.717, 1.165) is 6.42 Å². The van der Waals surface area contributed by atoms with Gasteiger partial charge in [0, 0.05) is 11.1 Å². The molecular weight excluding hydrogens is 212 g/mol. The van der Waals surface area contributed by atoms with E-state index in [1.807, 2.05) is 13.0 Å². The second-order valence-corrected chi connectivity index (χ2v) is 5.75. The first-order chi connectivity index (χ1) is 7.96. The molecule has 2 N–H and O–H groups in total. The van der Waals surface area contributed by atoms with Gasteiger partial charge in [-0.15, -0.1) is 0 Å². The van der Waals surface area contributed by atoms with E-state index in [1.54, 1.807) is 6.92 Å². The van der Waals surface area contributed by atoms with Crippen molar-refractivity contribution in [3.05, 3.63) is 29.8 Å². The standard InChI is InChI=1S/C14H18N2O/c1-9(17)14(3)8-13(2)10-6-4-5-7-11(10)15-12(13)16-14/h4-7,12,15-16H,8H2,1-3H3. The molecule has 0 aromatic heterocycles. The zero-order valence-corrected chi connectivity index (χ0v) is 10.5. The van der Waals surface area contributed by atoms with Crippen LogP contribution in [0.4, 0.5) is 5.69 Å². The van der Waals surface area contributed by atoms with E-state index < -0.39 is 5.54 Å². The molecule has 1 aromatic carbocycles. The van der Waals surface area contributed by atoms with E-state index in [2.05, 4.69) is 35.8 Å². The van der Waals surface area contributed by atoms with Crippen molar-refractivity contribution in [3.8, 4) is 0 Å². The van der Waals surface area contributed by atoms with Crippen molar-refractivity contribution in [2.24, 2.45) is 0 Å². The van der Waals surface area contributed by atoms with Crippen molar-refractivity contribution < 1.29 is 4.79 Å². The lowest BCUT2D eigenvalue weighted by molar-refractivity contribution is -0.122. The minimum absolute atomic E-state index is 0.0109. The molecule has 1 saturated heterocycles. The van der Waals surface area contributed by atoms with E-state index in [4.69, 9.17) is 0 Å². The van der Waals surface area contributed by atoms with Crippen molar-refractivity contribution in [3.63, 3.8) is 0 Å². The van der Waals surface area contributed by atoms with Crippen LogP contribution in [-0.2, 0) is 10.2 Å². The van der Waals surface area contributed by atoms with Crippen LogP contribution in [0.3, 0.4) is 0 Å². The van der Waals surface area contributed by atoms with Crippen molar-refractivity contribution in [1.29, 1.82) is 0 Å². The number of para-hydroxylation sites is 1. The molecule has 90 valence electrons. The Balaban J connectivity index is 2.05. The van der Waals surface area contributed by atoms with Crippen molar-refractivity contribution in [2.75, 3.05) is 5.32 Å². The highest BCUT2D eigenvalue weighted by Gasteiger charge is 2.56. The number of carbonyl (C=O) groups is 1. The summed E-state index contributed by atoms with van der Waals surface area (Å²) < 4.78 is 0. The maximum absolute atomic E-state index is 11.8. The first kappa shape index (κ1) is 10.8. The number of carbonyl (C=O) groups excluding carboxylic acids is 1. The lowest BCUT2D eigenvalue weighted by Crippen LogP contribution is -2.48. The van der Waals surface area contributed by atoms with Gasteiger partial charge in [-0.2, -0.15) is 0 Å². The van der Waals surface area contributed by atoms with Gasteiger partial charge in [0.2, 0.25) is 0 Å². The Hall–Kier alpha value is -1.35. The molecule has 2 aliphatic heterocycles. The van der Waals surface area contributed by atoms with Gasteiger partial charge in [-0.05, 0) is 31.9 Å². The molecule has 2 aliphatic rings. The van der Waals surface area contributed by atoms with E-state index >= 15 is 0 Å². The van der Waals surface area contributed by atoms with Crippen LogP contribution in [0, 0.1) is 0 Å². The van der Waals surface area contributed by atoms with Crippen LogP contribution in [0.5, 0.6) is 0 Å². The van der Waals surface area contributed by atoms with Crippen LogP contribution in [0.2, 0.25) is 0 Å². The van der Waals surface area contributed by atoms with Crippen molar-refractivity contribution in [1.82, 2.24) is 5.32 Å². The number of hydrogen-bond acceptors (Lipinski definition) is 3. The zero-order valence-electron chi connectivity index (χ0n) is 10.5. The third-order valence-corrected chi connectivity index (χ3v) is 4.44. The fraction of sp³-hybridized carbons (Fsp3) is 0.500. The molecule has 1 aromatic rings. The summed E-state index contributed by atoms with van der Waals surface area (Å²) in [6, 6.07) is 8.37. The summed E-state index contributed by atoms with van der Waals surface area (Å²) in [5.41, 5.74) is 2.12. The van der Waals surface area contributed by atoms with Crippen LogP contribution in [-0.4, -0.2) is 17.5 Å². The molecule has 3 rings (SSSR count). The van der Waals surface area contributed by atoms with Crippen LogP contribution < -0.4 is 10.6 Å². The summed E-state index contributed by atoms with van der Waals surface area (Å²) in [6.45, 7) is 5.91. The molecule has 2 heterocycles. The van der Waals surface area contributed by atoms with Gasteiger partial charge < -0.3 is 5.32 Å². The topological polar surface area (TPSA) is 41.1 Å². The Morgan fingerprint density at radius 2 is 2.06 bits per heavy atom. The average molecular weight is 230 g/mol. The highest BCUT2D eigenvalue weighted by Crippen LogP contribution is 2.49. The minimum atomic E-state index is -0.403. The monoisotopic (exact) mass is 230 g/mol. The molecule has 3 nitrogen and oxygen atoms in total. The normalized spacial score (nSPS) is 38.4. The molecule has 0 spiro atoms. The smallest absolute Gasteiger partial charge is 0.149 e. The maximum atomic E-state index is 11.8. The van der Waals surface area contributed by atoms with Crippen LogP contribution >= 0.6 is 0 Å². The number of rotatable bonds is 1.